The first-order valence-corrected chi connectivity index (χ1v) is 6.34. The zero-order valence-corrected chi connectivity index (χ0v) is 11.6. The van der Waals surface area contributed by atoms with Gasteiger partial charge in [0.25, 0.3) is 5.92 Å². The standard InChI is InChI=1S/C13H19F2NO4/c1-4-12(3,5-2)20-11(19)16-7-9(10(17)18)6-13(14,15)8-16/h4,9H,1,5-8H2,2-3H3,(H,17,18). The number of amides is 1. The van der Waals surface area contributed by atoms with Crippen LogP contribution in [0.5, 0.6) is 0 Å². The number of carboxylic acid groups (broad SMARTS) is 1. The molecule has 0 radical (unpaired) electrons. The molecule has 0 aliphatic carbocycles. The van der Waals surface area contributed by atoms with Crippen LogP contribution in [0, 0.1) is 5.92 Å². The molecular formula is C13H19F2NO4. The SMILES string of the molecule is C=CC(C)(CC)OC(=O)N1CC(C(=O)O)CC(F)(F)C1. The van der Waals surface area contributed by atoms with Gasteiger partial charge >= 0.3 is 12.1 Å². The number of hydrogen-bond donors (Lipinski definition) is 1. The Kier molecular flexibility index (Phi) is 4.73. The number of ether oxygens (including phenoxy) is 1. The predicted molar refractivity (Wildman–Crippen MR) is 67.6 cm³/mol. The molecule has 1 aliphatic rings. The van der Waals surface area contributed by atoms with Gasteiger partial charge in [0.15, 0.2) is 0 Å². The number of carbonyl (C=O) groups excluding carboxylic acids is 1. The fourth-order valence-electron chi connectivity index (χ4n) is 1.93. The quantitative estimate of drug-likeness (QED) is 0.808. The van der Waals surface area contributed by atoms with E-state index in [2.05, 4.69) is 6.58 Å². The first-order valence-electron chi connectivity index (χ1n) is 6.34. The number of alkyl halides is 2. The highest BCUT2D eigenvalue weighted by Gasteiger charge is 2.45. The van der Waals surface area contributed by atoms with Crippen molar-refractivity contribution in [1.82, 2.24) is 4.90 Å². The number of hydrogen-bond acceptors (Lipinski definition) is 3. The zero-order chi connectivity index (χ0) is 15.6. The Bertz CT molecular complexity index is 413. The summed E-state index contributed by atoms with van der Waals surface area (Å²) in [6.45, 7) is 5.80. The van der Waals surface area contributed by atoms with Gasteiger partial charge in [-0.25, -0.2) is 13.6 Å². The molecule has 20 heavy (non-hydrogen) atoms. The molecule has 0 aromatic heterocycles. The van der Waals surface area contributed by atoms with Crippen molar-refractivity contribution in [2.75, 3.05) is 13.1 Å². The second-order valence-corrected chi connectivity index (χ2v) is 5.21. The van der Waals surface area contributed by atoms with Gasteiger partial charge in [-0.3, -0.25) is 4.79 Å². The second-order valence-electron chi connectivity index (χ2n) is 5.21. The summed E-state index contributed by atoms with van der Waals surface area (Å²) in [5.74, 6) is -5.86. The highest BCUT2D eigenvalue weighted by atomic mass is 19.3. The van der Waals surface area contributed by atoms with Gasteiger partial charge in [-0.05, 0) is 19.4 Å². The van der Waals surface area contributed by atoms with Crippen molar-refractivity contribution < 1.29 is 28.2 Å². The molecule has 0 saturated carbocycles. The maximum absolute atomic E-state index is 13.5. The average molecular weight is 291 g/mol. The van der Waals surface area contributed by atoms with E-state index >= 15 is 0 Å². The fourth-order valence-corrected chi connectivity index (χ4v) is 1.93. The number of piperidine rings is 1. The molecule has 114 valence electrons. The number of carboxylic acids is 1. The summed E-state index contributed by atoms with van der Waals surface area (Å²) in [7, 11) is 0. The Morgan fingerprint density at radius 1 is 1.60 bits per heavy atom. The van der Waals surface area contributed by atoms with E-state index in [1.807, 2.05) is 0 Å². The summed E-state index contributed by atoms with van der Waals surface area (Å²) < 4.78 is 32.1. The molecule has 1 fully saturated rings. The summed E-state index contributed by atoms with van der Waals surface area (Å²) in [6, 6.07) is 0. The average Bonchev–Trinajstić information content (AvgIpc) is 2.36. The third-order valence-corrected chi connectivity index (χ3v) is 3.47. The Morgan fingerprint density at radius 2 is 2.20 bits per heavy atom. The van der Waals surface area contributed by atoms with Crippen molar-refractivity contribution in [2.45, 2.75) is 38.2 Å². The molecule has 1 rings (SSSR count). The largest absolute Gasteiger partial charge is 0.481 e. The van der Waals surface area contributed by atoms with Gasteiger partial charge in [0.05, 0.1) is 12.5 Å². The Labute approximate surface area is 116 Å². The van der Waals surface area contributed by atoms with Crippen molar-refractivity contribution in [1.29, 1.82) is 0 Å². The highest BCUT2D eigenvalue weighted by Crippen LogP contribution is 2.31. The van der Waals surface area contributed by atoms with Gasteiger partial charge in [0.2, 0.25) is 0 Å². The molecule has 2 atom stereocenters. The molecule has 1 aliphatic heterocycles. The van der Waals surface area contributed by atoms with Crippen molar-refractivity contribution in [3.8, 4) is 0 Å². The lowest BCUT2D eigenvalue weighted by Gasteiger charge is -2.37. The summed E-state index contributed by atoms with van der Waals surface area (Å²) in [5.41, 5.74) is -0.956. The van der Waals surface area contributed by atoms with Crippen molar-refractivity contribution in [3.05, 3.63) is 12.7 Å². The molecule has 2 unspecified atom stereocenters. The summed E-state index contributed by atoms with van der Waals surface area (Å²) in [6.07, 6.45) is 0.148. The van der Waals surface area contributed by atoms with E-state index < -0.39 is 42.5 Å². The first-order chi connectivity index (χ1) is 9.12. The Hall–Kier alpha value is -1.66. The van der Waals surface area contributed by atoms with Gasteiger partial charge in [-0.15, -0.1) is 0 Å². The van der Waals surface area contributed by atoms with Crippen LogP contribution in [0.4, 0.5) is 13.6 Å². The molecule has 1 heterocycles. The first kappa shape index (κ1) is 16.4. The normalized spacial score (nSPS) is 24.6. The monoisotopic (exact) mass is 291 g/mol. The van der Waals surface area contributed by atoms with Crippen LogP contribution in [0.2, 0.25) is 0 Å². The number of halogens is 2. The third kappa shape index (κ3) is 3.91. The van der Waals surface area contributed by atoms with Crippen LogP contribution in [0.25, 0.3) is 0 Å². The molecule has 0 bridgehead atoms. The molecule has 0 aromatic rings. The van der Waals surface area contributed by atoms with E-state index in [0.29, 0.717) is 6.42 Å². The summed E-state index contributed by atoms with van der Waals surface area (Å²) in [5, 5.41) is 8.87. The zero-order valence-electron chi connectivity index (χ0n) is 11.6. The lowest BCUT2D eigenvalue weighted by Crippen LogP contribution is -2.52. The topological polar surface area (TPSA) is 66.8 Å². The minimum atomic E-state index is -3.23. The highest BCUT2D eigenvalue weighted by molar-refractivity contribution is 5.73. The smallest absolute Gasteiger partial charge is 0.410 e. The van der Waals surface area contributed by atoms with E-state index in [1.54, 1.807) is 13.8 Å². The molecule has 7 heteroatoms. The van der Waals surface area contributed by atoms with E-state index in [0.717, 1.165) is 4.90 Å². The van der Waals surface area contributed by atoms with Gasteiger partial charge in [0.1, 0.15) is 5.60 Å². The van der Waals surface area contributed by atoms with E-state index in [-0.39, 0.29) is 6.54 Å². The maximum atomic E-state index is 13.5. The number of nitrogens with zero attached hydrogens (tertiary/aromatic N) is 1. The Balaban J connectivity index is 2.81. The molecule has 5 nitrogen and oxygen atoms in total. The van der Waals surface area contributed by atoms with Crippen LogP contribution in [0.1, 0.15) is 26.7 Å². The molecule has 1 amide bonds. The predicted octanol–water partition coefficient (Wildman–Crippen LogP) is 2.52. The van der Waals surface area contributed by atoms with Crippen LogP contribution < -0.4 is 0 Å². The maximum Gasteiger partial charge on any atom is 0.410 e. The number of likely N-dealkylation sites (tertiary alicyclic amines) is 1. The molecule has 0 aromatic carbocycles. The minimum Gasteiger partial charge on any atom is -0.481 e. The van der Waals surface area contributed by atoms with Crippen LogP contribution >= 0.6 is 0 Å². The van der Waals surface area contributed by atoms with Crippen molar-refractivity contribution >= 4 is 12.1 Å². The second kappa shape index (κ2) is 5.76. The molecule has 0 spiro atoms. The Morgan fingerprint density at radius 3 is 2.65 bits per heavy atom. The van der Waals surface area contributed by atoms with Crippen LogP contribution in [-0.2, 0) is 9.53 Å². The van der Waals surface area contributed by atoms with Crippen LogP contribution in [0.3, 0.4) is 0 Å². The van der Waals surface area contributed by atoms with E-state index in [1.165, 1.54) is 6.08 Å². The van der Waals surface area contributed by atoms with Crippen LogP contribution in [0.15, 0.2) is 12.7 Å². The third-order valence-electron chi connectivity index (χ3n) is 3.47. The summed E-state index contributed by atoms with van der Waals surface area (Å²) in [4.78, 5) is 23.5. The molecule has 1 N–H and O–H groups in total. The molecular weight excluding hydrogens is 272 g/mol. The van der Waals surface area contributed by atoms with Gasteiger partial charge in [-0.1, -0.05) is 13.5 Å². The van der Waals surface area contributed by atoms with Gasteiger partial charge in [-0.2, -0.15) is 0 Å². The number of carbonyl (C=O) groups is 2. The van der Waals surface area contributed by atoms with Gasteiger partial charge in [0, 0.05) is 13.0 Å². The lowest BCUT2D eigenvalue weighted by molar-refractivity contribution is -0.152. The van der Waals surface area contributed by atoms with Gasteiger partial charge < -0.3 is 14.7 Å². The number of aliphatic carboxylic acids is 1. The van der Waals surface area contributed by atoms with E-state index in [9.17, 15) is 18.4 Å². The summed E-state index contributed by atoms with van der Waals surface area (Å²) >= 11 is 0. The van der Waals surface area contributed by atoms with Crippen LogP contribution in [-0.4, -0.2) is 46.7 Å². The van der Waals surface area contributed by atoms with Crippen molar-refractivity contribution in [2.24, 2.45) is 5.92 Å². The lowest BCUT2D eigenvalue weighted by atomic mass is 9.95. The minimum absolute atomic E-state index is 0.277. The van der Waals surface area contributed by atoms with E-state index in [4.69, 9.17) is 9.84 Å². The molecule has 1 saturated heterocycles. The fraction of sp³-hybridized carbons (Fsp3) is 0.692. The van der Waals surface area contributed by atoms with Crippen molar-refractivity contribution in [3.63, 3.8) is 0 Å². The number of rotatable bonds is 4.